The average molecular weight is 178 g/mol. The molecule has 11 heavy (non-hydrogen) atoms. The van der Waals surface area contributed by atoms with Gasteiger partial charge in [0.2, 0.25) is 0 Å². The molecule has 0 atom stereocenters. The molecule has 1 radical (unpaired) electrons. The first-order valence-corrected chi connectivity index (χ1v) is 3.64. The molecular weight excluding hydrogens is 168 g/mol. The molecule has 0 heterocycles. The van der Waals surface area contributed by atoms with Gasteiger partial charge in [-0.15, -0.1) is 0 Å². The van der Waals surface area contributed by atoms with Crippen LogP contribution in [0.2, 0.25) is 0 Å². The molecule has 2 N–H and O–H groups in total. The molecule has 0 saturated heterocycles. The molecule has 0 rings (SSSR count). The van der Waals surface area contributed by atoms with Crippen LogP contribution in [0.3, 0.4) is 0 Å². The van der Waals surface area contributed by atoms with E-state index in [2.05, 4.69) is 0 Å². The van der Waals surface area contributed by atoms with E-state index in [0.29, 0.717) is 0 Å². The number of carbonyl (C=O) groups is 1. The smallest absolute Gasteiger partial charge is 0.354 e. The molecule has 0 aliphatic rings. The first-order chi connectivity index (χ1) is 5.26. The predicted molar refractivity (Wildman–Crippen MR) is 42.7 cm³/mol. The quantitative estimate of drug-likeness (QED) is 0.545. The highest BCUT2D eigenvalue weighted by Crippen LogP contribution is 1.91. The molecule has 0 aromatic rings. The molecular formula is C5H10BClNO3. The van der Waals surface area contributed by atoms with Crippen molar-refractivity contribution >= 4 is 24.0 Å². The number of amides is 1. The lowest BCUT2D eigenvalue weighted by Gasteiger charge is -2.18. The number of aliphatic hydroxyl groups is 2. The largest absolute Gasteiger partial charge is 0.395 e. The lowest BCUT2D eigenvalue weighted by molar-refractivity contribution is 0.174. The Balaban J connectivity index is 3.76. The Bertz CT molecular complexity index is 118. The van der Waals surface area contributed by atoms with Crippen LogP contribution in [0.5, 0.6) is 0 Å². The number of rotatable bonds is 5. The minimum atomic E-state index is -0.394. The molecule has 0 aromatic heterocycles. The molecule has 0 unspecified atom stereocenters. The maximum Gasteiger partial charge on any atom is 0.354 e. The zero-order valence-corrected chi connectivity index (χ0v) is 6.79. The fourth-order valence-electron chi connectivity index (χ4n) is 0.643. The molecule has 0 aliphatic heterocycles. The fourth-order valence-corrected chi connectivity index (χ4v) is 0.781. The Hall–Kier alpha value is -0.255. The molecule has 1 amide bonds. The Morgan fingerprint density at radius 2 is 1.82 bits per heavy atom. The van der Waals surface area contributed by atoms with Crippen LogP contribution < -0.4 is 0 Å². The van der Waals surface area contributed by atoms with E-state index >= 15 is 0 Å². The second-order valence-corrected chi connectivity index (χ2v) is 2.10. The van der Waals surface area contributed by atoms with Gasteiger partial charge in [-0.25, -0.2) is 0 Å². The molecule has 0 spiro atoms. The maximum atomic E-state index is 10.8. The molecule has 0 fully saturated rings. The van der Waals surface area contributed by atoms with Gasteiger partial charge in [-0.2, -0.15) is 11.5 Å². The van der Waals surface area contributed by atoms with Gasteiger partial charge in [-0.3, -0.25) is 4.79 Å². The summed E-state index contributed by atoms with van der Waals surface area (Å²) < 4.78 is 0. The van der Waals surface area contributed by atoms with E-state index in [1.54, 1.807) is 0 Å². The monoisotopic (exact) mass is 178 g/mol. The van der Waals surface area contributed by atoms with Gasteiger partial charge >= 0.3 is 6.69 Å². The predicted octanol–water partition coefficient (Wildman–Crippen LogP) is -0.749. The second-order valence-electron chi connectivity index (χ2n) is 1.88. The SMILES string of the molecule is O=C([B]Cl)N(CCO)CCO. The van der Waals surface area contributed by atoms with Gasteiger partial charge in [-0.05, 0) is 0 Å². The van der Waals surface area contributed by atoms with E-state index in [9.17, 15) is 4.79 Å². The molecule has 0 aliphatic carbocycles. The zero-order chi connectivity index (χ0) is 8.69. The highest BCUT2D eigenvalue weighted by atomic mass is 35.5. The summed E-state index contributed by atoms with van der Waals surface area (Å²) in [5.74, 6) is -0.394. The molecule has 0 saturated carbocycles. The molecule has 6 heteroatoms. The van der Waals surface area contributed by atoms with Crippen LogP contribution in [-0.2, 0) is 0 Å². The summed E-state index contributed by atoms with van der Waals surface area (Å²) in [5.41, 5.74) is 0. The van der Waals surface area contributed by atoms with Crippen molar-refractivity contribution in [3.63, 3.8) is 0 Å². The summed E-state index contributed by atoms with van der Waals surface area (Å²) in [7, 11) is 0. The molecule has 0 aromatic carbocycles. The number of nitrogens with zero attached hydrogens (tertiary/aromatic N) is 1. The fraction of sp³-hybridized carbons (Fsp3) is 0.800. The summed E-state index contributed by atoms with van der Waals surface area (Å²) in [4.78, 5) is 12.1. The summed E-state index contributed by atoms with van der Waals surface area (Å²) in [6.45, 7) is 1.02. The van der Waals surface area contributed by atoms with Crippen LogP contribution in [0, 0.1) is 0 Å². The maximum absolute atomic E-state index is 10.8. The van der Waals surface area contributed by atoms with Crippen LogP contribution >= 0.6 is 11.5 Å². The van der Waals surface area contributed by atoms with Crippen molar-refractivity contribution in [2.45, 2.75) is 0 Å². The summed E-state index contributed by atoms with van der Waals surface area (Å²) in [5, 5.41) is 17.0. The Morgan fingerprint density at radius 3 is 2.09 bits per heavy atom. The van der Waals surface area contributed by atoms with Crippen LogP contribution in [0.1, 0.15) is 0 Å². The molecule has 0 bridgehead atoms. The van der Waals surface area contributed by atoms with Crippen molar-refractivity contribution in [1.82, 2.24) is 4.90 Å². The van der Waals surface area contributed by atoms with Crippen molar-refractivity contribution in [1.29, 1.82) is 0 Å². The number of aliphatic hydroxyl groups excluding tert-OH is 2. The first kappa shape index (κ1) is 10.7. The van der Waals surface area contributed by atoms with E-state index in [1.807, 2.05) is 0 Å². The van der Waals surface area contributed by atoms with E-state index in [1.165, 1.54) is 4.90 Å². The Morgan fingerprint density at radius 1 is 1.36 bits per heavy atom. The van der Waals surface area contributed by atoms with Crippen LogP contribution in [0.25, 0.3) is 0 Å². The van der Waals surface area contributed by atoms with Crippen LogP contribution in [-0.4, -0.2) is 53.9 Å². The Kier molecular flexibility index (Phi) is 6.31. The normalized spacial score (nSPS) is 9.36. The summed E-state index contributed by atoms with van der Waals surface area (Å²) >= 11 is 5.14. The third-order valence-corrected chi connectivity index (χ3v) is 1.33. The van der Waals surface area contributed by atoms with Gasteiger partial charge in [0.05, 0.1) is 13.2 Å². The summed E-state index contributed by atoms with van der Waals surface area (Å²) in [6, 6.07) is 0. The van der Waals surface area contributed by atoms with Crippen molar-refractivity contribution in [2.24, 2.45) is 0 Å². The van der Waals surface area contributed by atoms with Crippen molar-refractivity contribution in [2.75, 3.05) is 26.3 Å². The van der Waals surface area contributed by atoms with E-state index in [-0.39, 0.29) is 26.3 Å². The lowest BCUT2D eigenvalue weighted by atomic mass is 10.1. The minimum absolute atomic E-state index is 0.129. The molecule has 63 valence electrons. The number of hydrogen-bond acceptors (Lipinski definition) is 3. The van der Waals surface area contributed by atoms with Crippen molar-refractivity contribution in [3.05, 3.63) is 0 Å². The van der Waals surface area contributed by atoms with Gasteiger partial charge in [0.25, 0.3) is 0 Å². The third kappa shape index (κ3) is 4.24. The van der Waals surface area contributed by atoms with E-state index < -0.39 is 5.81 Å². The summed E-state index contributed by atoms with van der Waals surface area (Å²) in [6.07, 6.45) is 0. The standard InChI is InChI=1S/C5H10BClNO3/c7-6-5(11)8(1-3-9)2-4-10/h9-10H,1-4H2. The first-order valence-electron chi connectivity index (χ1n) is 3.20. The highest BCUT2D eigenvalue weighted by Gasteiger charge is 2.11. The Labute approximate surface area is 70.9 Å². The minimum Gasteiger partial charge on any atom is -0.395 e. The van der Waals surface area contributed by atoms with Crippen LogP contribution in [0.15, 0.2) is 0 Å². The van der Waals surface area contributed by atoms with Gasteiger partial charge in [0.15, 0.2) is 5.81 Å². The number of halogens is 1. The van der Waals surface area contributed by atoms with E-state index in [4.69, 9.17) is 21.7 Å². The van der Waals surface area contributed by atoms with Crippen LogP contribution in [0.4, 0.5) is 4.79 Å². The molecule has 4 nitrogen and oxygen atoms in total. The van der Waals surface area contributed by atoms with Gasteiger partial charge in [-0.1, -0.05) is 0 Å². The second kappa shape index (κ2) is 6.45. The van der Waals surface area contributed by atoms with Gasteiger partial charge in [0, 0.05) is 13.1 Å². The van der Waals surface area contributed by atoms with Gasteiger partial charge in [0.1, 0.15) is 0 Å². The average Bonchev–Trinajstić information content (AvgIpc) is 2.03. The zero-order valence-electron chi connectivity index (χ0n) is 6.03. The number of carbonyl (C=O) groups excluding carboxylic acids is 1. The highest BCUT2D eigenvalue weighted by molar-refractivity contribution is 7.11. The third-order valence-electron chi connectivity index (χ3n) is 1.14. The van der Waals surface area contributed by atoms with Crippen molar-refractivity contribution < 1.29 is 15.0 Å². The van der Waals surface area contributed by atoms with Crippen molar-refractivity contribution in [3.8, 4) is 0 Å². The lowest BCUT2D eigenvalue weighted by Crippen LogP contribution is -2.36. The topological polar surface area (TPSA) is 60.8 Å². The number of hydrogen-bond donors (Lipinski definition) is 2. The van der Waals surface area contributed by atoms with E-state index in [0.717, 1.165) is 6.69 Å². The van der Waals surface area contributed by atoms with Gasteiger partial charge < -0.3 is 15.1 Å².